The number of rotatable bonds is 9. The van der Waals surface area contributed by atoms with E-state index in [1.807, 2.05) is 30.3 Å². The highest BCUT2D eigenvalue weighted by Gasteiger charge is 2.30. The fourth-order valence-corrected chi connectivity index (χ4v) is 3.44. The van der Waals surface area contributed by atoms with Crippen LogP contribution in [0.4, 0.5) is 0 Å². The Morgan fingerprint density at radius 2 is 2.12 bits per heavy atom. The molecule has 1 aliphatic carbocycles. The molecule has 0 bridgehead atoms. The van der Waals surface area contributed by atoms with Gasteiger partial charge in [-0.3, -0.25) is 4.79 Å². The van der Waals surface area contributed by atoms with E-state index < -0.39 is 0 Å². The quantitative estimate of drug-likeness (QED) is 0.538. The van der Waals surface area contributed by atoms with Gasteiger partial charge < -0.3 is 9.88 Å². The Morgan fingerprint density at radius 3 is 2.80 bits per heavy atom. The summed E-state index contributed by atoms with van der Waals surface area (Å²) >= 11 is 7.29. The van der Waals surface area contributed by atoms with Gasteiger partial charge in [0, 0.05) is 24.0 Å². The van der Waals surface area contributed by atoms with E-state index in [1.165, 1.54) is 24.6 Å². The van der Waals surface area contributed by atoms with Gasteiger partial charge in [0.15, 0.2) is 5.16 Å². The predicted molar refractivity (Wildman–Crippen MR) is 101 cm³/mol. The van der Waals surface area contributed by atoms with Gasteiger partial charge in [-0.25, -0.2) is 0 Å². The van der Waals surface area contributed by atoms with Crippen molar-refractivity contribution in [3.8, 4) is 0 Å². The molecule has 5 nitrogen and oxygen atoms in total. The largest absolute Gasteiger partial charge is 0.355 e. The van der Waals surface area contributed by atoms with Crippen molar-refractivity contribution in [3.63, 3.8) is 0 Å². The van der Waals surface area contributed by atoms with Crippen LogP contribution in [0, 0.1) is 0 Å². The maximum absolute atomic E-state index is 12.1. The fourth-order valence-electron chi connectivity index (χ4n) is 2.53. The Labute approximate surface area is 156 Å². The summed E-state index contributed by atoms with van der Waals surface area (Å²) in [4.78, 5) is 12.1. The first-order valence-corrected chi connectivity index (χ1v) is 9.71. The maximum atomic E-state index is 12.1. The lowest BCUT2D eigenvalue weighted by Gasteiger charge is -2.07. The number of nitrogens with one attached hydrogen (secondary N) is 1. The summed E-state index contributed by atoms with van der Waals surface area (Å²) in [5.41, 5.74) is 1.15. The van der Waals surface area contributed by atoms with Crippen molar-refractivity contribution in [2.45, 2.75) is 36.9 Å². The first-order valence-electron chi connectivity index (χ1n) is 8.35. The molecule has 1 heterocycles. The molecule has 0 atom stereocenters. The number of hydrogen-bond donors (Lipinski definition) is 1. The molecule has 0 unspecified atom stereocenters. The number of halogens is 1. The molecule has 1 amide bonds. The minimum atomic E-state index is 0.0000820. The molecule has 1 aromatic carbocycles. The highest BCUT2D eigenvalue weighted by Crippen LogP contribution is 2.40. The predicted octanol–water partition coefficient (Wildman–Crippen LogP) is 3.45. The van der Waals surface area contributed by atoms with E-state index in [9.17, 15) is 4.79 Å². The third-order valence-corrected chi connectivity index (χ3v) is 5.20. The van der Waals surface area contributed by atoms with Crippen LogP contribution in [0.2, 0.25) is 5.02 Å². The monoisotopic (exact) mass is 376 g/mol. The standard InChI is InChI=1S/C18H21ClN4OS/c1-2-11-23-17(14-5-6-14)21-22-18(23)25-12-16(24)20-10-9-13-3-7-15(19)8-4-13/h2-4,7-8,14H,1,5-6,9-12H2,(H,20,24). The van der Waals surface area contributed by atoms with Gasteiger partial charge in [0.25, 0.3) is 0 Å². The Bertz CT molecular complexity index is 740. The van der Waals surface area contributed by atoms with Crippen molar-refractivity contribution in [3.05, 3.63) is 53.3 Å². The highest BCUT2D eigenvalue weighted by atomic mass is 35.5. The second-order valence-corrected chi connectivity index (χ2v) is 7.41. The smallest absolute Gasteiger partial charge is 0.230 e. The lowest BCUT2D eigenvalue weighted by Crippen LogP contribution is -2.27. The average Bonchev–Trinajstić information content (AvgIpc) is 3.37. The van der Waals surface area contributed by atoms with Crippen molar-refractivity contribution >= 4 is 29.3 Å². The minimum absolute atomic E-state index is 0.0000820. The van der Waals surface area contributed by atoms with Crippen LogP contribution in [0.5, 0.6) is 0 Å². The van der Waals surface area contributed by atoms with Crippen molar-refractivity contribution in [1.29, 1.82) is 0 Å². The van der Waals surface area contributed by atoms with Crippen LogP contribution >= 0.6 is 23.4 Å². The molecular formula is C18H21ClN4OS. The number of benzene rings is 1. The molecule has 7 heteroatoms. The normalized spacial score (nSPS) is 13.6. The van der Waals surface area contributed by atoms with Gasteiger partial charge in [-0.15, -0.1) is 16.8 Å². The molecule has 1 aromatic heterocycles. The zero-order valence-corrected chi connectivity index (χ0v) is 15.5. The van der Waals surface area contributed by atoms with E-state index >= 15 is 0 Å². The Balaban J connectivity index is 1.45. The number of hydrogen-bond acceptors (Lipinski definition) is 4. The molecule has 1 saturated carbocycles. The summed E-state index contributed by atoms with van der Waals surface area (Å²) in [5.74, 6) is 1.88. The Kier molecular flexibility index (Phi) is 6.15. The number of aromatic nitrogens is 3. The summed E-state index contributed by atoms with van der Waals surface area (Å²) in [6.07, 6.45) is 4.97. The van der Waals surface area contributed by atoms with Gasteiger partial charge in [-0.05, 0) is 37.0 Å². The maximum Gasteiger partial charge on any atom is 0.230 e. The van der Waals surface area contributed by atoms with Crippen molar-refractivity contribution in [2.24, 2.45) is 0 Å². The number of nitrogens with zero attached hydrogens (tertiary/aromatic N) is 3. The summed E-state index contributed by atoms with van der Waals surface area (Å²) in [5, 5.41) is 13.0. The summed E-state index contributed by atoms with van der Waals surface area (Å²) in [6.45, 7) is 5.08. The number of amides is 1. The third kappa shape index (κ3) is 5.09. The van der Waals surface area contributed by atoms with Gasteiger partial charge in [0.1, 0.15) is 5.82 Å². The topological polar surface area (TPSA) is 59.8 Å². The molecule has 0 aliphatic heterocycles. The average molecular weight is 377 g/mol. The van der Waals surface area contributed by atoms with Gasteiger partial charge in [-0.1, -0.05) is 41.6 Å². The molecular weight excluding hydrogens is 356 g/mol. The second kappa shape index (κ2) is 8.54. The first-order chi connectivity index (χ1) is 12.2. The van der Waals surface area contributed by atoms with Crippen molar-refractivity contribution in [2.75, 3.05) is 12.3 Å². The zero-order valence-electron chi connectivity index (χ0n) is 13.9. The molecule has 2 aromatic rings. The molecule has 1 N–H and O–H groups in total. The van der Waals surface area contributed by atoms with Gasteiger partial charge in [0.2, 0.25) is 5.91 Å². The molecule has 1 aliphatic rings. The van der Waals surface area contributed by atoms with Crippen LogP contribution in [-0.2, 0) is 17.8 Å². The summed E-state index contributed by atoms with van der Waals surface area (Å²) < 4.78 is 2.07. The molecule has 0 radical (unpaired) electrons. The SMILES string of the molecule is C=CCn1c(SCC(=O)NCCc2ccc(Cl)cc2)nnc1C1CC1. The molecule has 1 fully saturated rings. The van der Waals surface area contributed by atoms with Crippen LogP contribution in [-0.4, -0.2) is 33.0 Å². The molecule has 132 valence electrons. The summed E-state index contributed by atoms with van der Waals surface area (Å²) in [6, 6.07) is 7.66. The molecule has 0 saturated heterocycles. The second-order valence-electron chi connectivity index (χ2n) is 6.03. The van der Waals surface area contributed by atoms with Crippen LogP contribution < -0.4 is 5.32 Å². The van der Waals surface area contributed by atoms with Gasteiger partial charge in [0.05, 0.1) is 5.75 Å². The first kappa shape index (κ1) is 18.0. The van der Waals surface area contributed by atoms with Gasteiger partial charge >= 0.3 is 0 Å². The third-order valence-electron chi connectivity index (χ3n) is 3.98. The van der Waals surface area contributed by atoms with E-state index in [2.05, 4.69) is 26.7 Å². The number of allylic oxidation sites excluding steroid dienone is 1. The lowest BCUT2D eigenvalue weighted by atomic mass is 10.1. The van der Waals surface area contributed by atoms with Crippen molar-refractivity contribution < 1.29 is 4.79 Å². The molecule has 3 rings (SSSR count). The van der Waals surface area contributed by atoms with Gasteiger partial charge in [-0.2, -0.15) is 0 Å². The van der Waals surface area contributed by atoms with E-state index in [-0.39, 0.29) is 5.91 Å². The van der Waals surface area contributed by atoms with Crippen LogP contribution in [0.1, 0.15) is 30.1 Å². The van der Waals surface area contributed by atoms with Crippen LogP contribution in [0.3, 0.4) is 0 Å². The summed E-state index contributed by atoms with van der Waals surface area (Å²) in [7, 11) is 0. The zero-order chi connectivity index (χ0) is 17.6. The minimum Gasteiger partial charge on any atom is -0.355 e. The molecule has 25 heavy (non-hydrogen) atoms. The van der Waals surface area contributed by atoms with E-state index in [0.717, 1.165) is 28.0 Å². The lowest BCUT2D eigenvalue weighted by molar-refractivity contribution is -0.118. The highest BCUT2D eigenvalue weighted by molar-refractivity contribution is 7.99. The van der Waals surface area contributed by atoms with Crippen LogP contribution in [0.15, 0.2) is 42.1 Å². The number of thioether (sulfide) groups is 1. The molecule has 0 spiro atoms. The Hall–Kier alpha value is -1.79. The number of carbonyl (C=O) groups excluding carboxylic acids is 1. The Morgan fingerprint density at radius 1 is 1.36 bits per heavy atom. The van der Waals surface area contributed by atoms with E-state index in [4.69, 9.17) is 11.6 Å². The van der Waals surface area contributed by atoms with Crippen LogP contribution in [0.25, 0.3) is 0 Å². The van der Waals surface area contributed by atoms with E-state index in [1.54, 1.807) is 0 Å². The number of carbonyl (C=O) groups is 1. The fraction of sp³-hybridized carbons (Fsp3) is 0.389. The van der Waals surface area contributed by atoms with E-state index in [0.29, 0.717) is 24.8 Å². The van der Waals surface area contributed by atoms with Crippen molar-refractivity contribution in [1.82, 2.24) is 20.1 Å².